The summed E-state index contributed by atoms with van der Waals surface area (Å²) in [6, 6.07) is 6.31. The molecule has 0 saturated heterocycles. The lowest BCUT2D eigenvalue weighted by atomic mass is 9.95. The van der Waals surface area contributed by atoms with Crippen LogP contribution in [-0.2, 0) is 23.0 Å². The van der Waals surface area contributed by atoms with E-state index in [1.54, 1.807) is 0 Å². The second-order valence-electron chi connectivity index (χ2n) is 9.12. The highest BCUT2D eigenvalue weighted by Crippen LogP contribution is 2.27. The number of ether oxygens (including phenoxy) is 1. The summed E-state index contributed by atoms with van der Waals surface area (Å²) in [7, 11) is -3.93. The van der Waals surface area contributed by atoms with Gasteiger partial charge in [0.15, 0.2) is 0 Å². The van der Waals surface area contributed by atoms with Gasteiger partial charge in [0.05, 0.1) is 12.4 Å². The first-order valence-corrected chi connectivity index (χ1v) is 14.8. The summed E-state index contributed by atoms with van der Waals surface area (Å²) in [5, 5.41) is 0. The quantitative estimate of drug-likeness (QED) is 0.147. The Morgan fingerprint density at radius 3 is 1.81 bits per heavy atom. The van der Waals surface area contributed by atoms with Crippen LogP contribution < -0.4 is 4.74 Å². The Balaban J connectivity index is 2.59. The Labute approximate surface area is 198 Å². The lowest BCUT2D eigenvalue weighted by Crippen LogP contribution is -2.10. The van der Waals surface area contributed by atoms with Crippen LogP contribution in [0.3, 0.4) is 0 Å². The number of rotatable bonds is 21. The summed E-state index contributed by atoms with van der Waals surface area (Å²) in [5.74, 6) is 0.643. The highest BCUT2D eigenvalue weighted by atomic mass is 32.2. The molecule has 0 fully saturated rings. The molecule has 1 rings (SSSR count). The third-order valence-corrected chi connectivity index (χ3v) is 6.92. The molecule has 32 heavy (non-hydrogen) atoms. The van der Waals surface area contributed by atoms with Crippen molar-refractivity contribution in [2.75, 3.05) is 12.4 Å². The minimum Gasteiger partial charge on any atom is -0.493 e. The van der Waals surface area contributed by atoms with Crippen molar-refractivity contribution >= 4 is 10.1 Å². The molecule has 0 saturated carbocycles. The Morgan fingerprint density at radius 1 is 0.719 bits per heavy atom. The Bertz CT molecular complexity index is 685. The van der Waals surface area contributed by atoms with Gasteiger partial charge in [-0.25, -0.2) is 0 Å². The average Bonchev–Trinajstić information content (AvgIpc) is 2.76. The zero-order chi connectivity index (χ0) is 23.5. The van der Waals surface area contributed by atoms with E-state index < -0.39 is 10.1 Å². The maximum atomic E-state index is 11.0. The summed E-state index contributed by atoms with van der Waals surface area (Å²) >= 11 is 0. The number of hydrogen-bond donors (Lipinski definition) is 1. The molecule has 1 N–H and O–H groups in total. The third-order valence-electron chi connectivity index (χ3n) is 6.11. The van der Waals surface area contributed by atoms with Crippen molar-refractivity contribution in [3.8, 4) is 5.75 Å². The number of benzene rings is 1. The second-order valence-corrected chi connectivity index (χ2v) is 10.7. The van der Waals surface area contributed by atoms with Crippen LogP contribution in [0, 0.1) is 0 Å². The molecule has 0 amide bonds. The minimum absolute atomic E-state index is 0.252. The standard InChI is InChI=1S/C27H48O4S/c1-3-5-7-9-11-13-15-19-25-20-17-22-27(31-23-18-24-32(28,29)30)26(25)21-16-14-12-10-8-6-4-2/h17,20,22H,3-16,18-19,21,23-24H2,1-2H3,(H,28,29,30). The summed E-state index contributed by atoms with van der Waals surface area (Å²) in [6.07, 6.45) is 20.5. The average molecular weight is 469 g/mol. The smallest absolute Gasteiger partial charge is 0.264 e. The van der Waals surface area contributed by atoms with Crippen molar-refractivity contribution in [3.63, 3.8) is 0 Å². The van der Waals surface area contributed by atoms with Crippen molar-refractivity contribution in [2.24, 2.45) is 0 Å². The van der Waals surface area contributed by atoms with Crippen LogP contribution in [0.4, 0.5) is 0 Å². The van der Waals surface area contributed by atoms with Gasteiger partial charge < -0.3 is 4.74 Å². The van der Waals surface area contributed by atoms with Gasteiger partial charge in [-0.15, -0.1) is 0 Å². The molecule has 0 atom stereocenters. The molecule has 0 aromatic heterocycles. The molecule has 186 valence electrons. The highest BCUT2D eigenvalue weighted by molar-refractivity contribution is 7.85. The molecule has 0 heterocycles. The van der Waals surface area contributed by atoms with Crippen molar-refractivity contribution < 1.29 is 17.7 Å². The van der Waals surface area contributed by atoms with Crippen LogP contribution in [0.2, 0.25) is 0 Å². The summed E-state index contributed by atoms with van der Waals surface area (Å²) in [4.78, 5) is 0. The van der Waals surface area contributed by atoms with E-state index in [4.69, 9.17) is 9.29 Å². The van der Waals surface area contributed by atoms with Gasteiger partial charge in [-0.05, 0) is 49.3 Å². The maximum Gasteiger partial charge on any atom is 0.264 e. The Kier molecular flexibility index (Phi) is 16.6. The van der Waals surface area contributed by atoms with Gasteiger partial charge in [-0.1, -0.05) is 103 Å². The molecule has 4 nitrogen and oxygen atoms in total. The molecule has 0 unspecified atom stereocenters. The van der Waals surface area contributed by atoms with Crippen LogP contribution in [-0.4, -0.2) is 25.3 Å². The molecule has 0 spiro atoms. The highest BCUT2D eigenvalue weighted by Gasteiger charge is 2.11. The van der Waals surface area contributed by atoms with Crippen LogP contribution in [0.5, 0.6) is 5.75 Å². The van der Waals surface area contributed by atoms with Crippen LogP contribution in [0.15, 0.2) is 18.2 Å². The third kappa shape index (κ3) is 14.9. The molecule has 0 aliphatic carbocycles. The second kappa shape index (κ2) is 18.4. The largest absolute Gasteiger partial charge is 0.493 e. The van der Waals surface area contributed by atoms with E-state index in [-0.39, 0.29) is 5.75 Å². The molecule has 1 aromatic carbocycles. The van der Waals surface area contributed by atoms with Crippen molar-refractivity contribution in [3.05, 3.63) is 29.3 Å². The Morgan fingerprint density at radius 2 is 1.25 bits per heavy atom. The van der Waals surface area contributed by atoms with Crippen molar-refractivity contribution in [1.29, 1.82) is 0 Å². The summed E-state index contributed by atoms with van der Waals surface area (Å²) < 4.78 is 36.8. The molecule has 0 radical (unpaired) electrons. The van der Waals surface area contributed by atoms with Gasteiger partial charge in [0, 0.05) is 0 Å². The molecular weight excluding hydrogens is 420 g/mol. The monoisotopic (exact) mass is 468 g/mol. The fourth-order valence-electron chi connectivity index (χ4n) is 4.22. The van der Waals surface area contributed by atoms with E-state index in [0.29, 0.717) is 13.0 Å². The van der Waals surface area contributed by atoms with E-state index in [1.807, 2.05) is 6.07 Å². The van der Waals surface area contributed by atoms with E-state index in [2.05, 4.69) is 26.0 Å². The summed E-state index contributed by atoms with van der Waals surface area (Å²) in [5.41, 5.74) is 2.69. The van der Waals surface area contributed by atoms with Gasteiger partial charge in [0.25, 0.3) is 10.1 Å². The van der Waals surface area contributed by atoms with E-state index in [9.17, 15) is 8.42 Å². The van der Waals surface area contributed by atoms with Crippen molar-refractivity contribution in [1.82, 2.24) is 0 Å². The SMILES string of the molecule is CCCCCCCCCc1cccc(OCCCS(=O)(=O)O)c1CCCCCCCCC. The predicted octanol–water partition coefficient (Wildman–Crippen LogP) is 7.93. The first-order valence-electron chi connectivity index (χ1n) is 13.2. The van der Waals surface area contributed by atoms with E-state index in [0.717, 1.165) is 18.6 Å². The topological polar surface area (TPSA) is 63.6 Å². The van der Waals surface area contributed by atoms with Crippen LogP contribution >= 0.6 is 0 Å². The Hall–Kier alpha value is -1.07. The lowest BCUT2D eigenvalue weighted by Gasteiger charge is -2.16. The van der Waals surface area contributed by atoms with Gasteiger partial charge in [0.1, 0.15) is 5.75 Å². The molecular formula is C27H48O4S. The molecule has 0 aliphatic rings. The number of hydrogen-bond acceptors (Lipinski definition) is 3. The van der Waals surface area contributed by atoms with Crippen LogP contribution in [0.25, 0.3) is 0 Å². The zero-order valence-corrected chi connectivity index (χ0v) is 21.6. The molecule has 1 aromatic rings. The fraction of sp³-hybridized carbons (Fsp3) is 0.778. The number of aryl methyl sites for hydroxylation is 1. The van der Waals surface area contributed by atoms with E-state index in [1.165, 1.54) is 101 Å². The molecule has 5 heteroatoms. The number of unbranched alkanes of at least 4 members (excludes halogenated alkanes) is 12. The first-order chi connectivity index (χ1) is 15.5. The van der Waals surface area contributed by atoms with Crippen molar-refractivity contribution in [2.45, 2.75) is 123 Å². The minimum atomic E-state index is -3.93. The molecule has 0 aliphatic heterocycles. The van der Waals surface area contributed by atoms with Gasteiger partial charge in [0.2, 0.25) is 0 Å². The normalized spacial score (nSPS) is 11.7. The first kappa shape index (κ1) is 29.0. The predicted molar refractivity (Wildman–Crippen MR) is 136 cm³/mol. The van der Waals surface area contributed by atoms with Gasteiger partial charge in [-0.3, -0.25) is 4.55 Å². The van der Waals surface area contributed by atoms with Crippen LogP contribution in [0.1, 0.15) is 121 Å². The van der Waals surface area contributed by atoms with E-state index >= 15 is 0 Å². The summed E-state index contributed by atoms with van der Waals surface area (Å²) in [6.45, 7) is 4.81. The fourth-order valence-corrected chi connectivity index (χ4v) is 4.70. The maximum absolute atomic E-state index is 11.0. The zero-order valence-electron chi connectivity index (χ0n) is 20.7. The molecule has 0 bridgehead atoms. The van der Waals surface area contributed by atoms with Gasteiger partial charge in [-0.2, -0.15) is 8.42 Å². The van der Waals surface area contributed by atoms with Gasteiger partial charge >= 0.3 is 0 Å². The lowest BCUT2D eigenvalue weighted by molar-refractivity contribution is 0.312.